The van der Waals surface area contributed by atoms with Gasteiger partial charge in [-0.2, -0.15) is 0 Å². The molecule has 18 heavy (non-hydrogen) atoms. The lowest BCUT2D eigenvalue weighted by molar-refractivity contribution is -0.122. The Bertz CT molecular complexity index is 463. The van der Waals surface area contributed by atoms with Crippen molar-refractivity contribution in [3.8, 4) is 0 Å². The summed E-state index contributed by atoms with van der Waals surface area (Å²) in [6.07, 6.45) is 1.96. The quantitative estimate of drug-likeness (QED) is 0.567. The molecule has 0 aliphatic heterocycles. The van der Waals surface area contributed by atoms with Gasteiger partial charge in [0, 0.05) is 25.1 Å². The highest BCUT2D eigenvalue weighted by Crippen LogP contribution is 2.28. The standard InChI is InChI=1S/C12H15ClFN3O/c13-8-5-10(15)11(6-9(8)14)16-3-4-17-12(18)7-1-2-7/h5-7,16H,1-4,15H2,(H,17,18). The van der Waals surface area contributed by atoms with Crippen LogP contribution in [0.3, 0.4) is 0 Å². The van der Waals surface area contributed by atoms with E-state index in [1.807, 2.05) is 0 Å². The number of rotatable bonds is 5. The second-order valence-electron chi connectivity index (χ2n) is 4.35. The van der Waals surface area contributed by atoms with E-state index in [0.717, 1.165) is 12.8 Å². The van der Waals surface area contributed by atoms with Crippen LogP contribution in [0.15, 0.2) is 12.1 Å². The molecule has 0 unspecified atom stereocenters. The first-order valence-corrected chi connectivity index (χ1v) is 6.22. The number of benzene rings is 1. The summed E-state index contributed by atoms with van der Waals surface area (Å²) in [6.45, 7) is 0.975. The van der Waals surface area contributed by atoms with Crippen LogP contribution in [0.4, 0.5) is 15.8 Å². The zero-order chi connectivity index (χ0) is 13.1. The maximum absolute atomic E-state index is 13.2. The van der Waals surface area contributed by atoms with Gasteiger partial charge in [-0.3, -0.25) is 4.79 Å². The van der Waals surface area contributed by atoms with Crippen molar-refractivity contribution in [2.45, 2.75) is 12.8 Å². The van der Waals surface area contributed by atoms with Crippen molar-refractivity contribution in [2.75, 3.05) is 24.1 Å². The van der Waals surface area contributed by atoms with Crippen molar-refractivity contribution < 1.29 is 9.18 Å². The van der Waals surface area contributed by atoms with Crippen molar-refractivity contribution in [1.82, 2.24) is 5.32 Å². The van der Waals surface area contributed by atoms with Crippen molar-refractivity contribution in [2.24, 2.45) is 5.92 Å². The van der Waals surface area contributed by atoms with Crippen LogP contribution in [-0.2, 0) is 4.79 Å². The van der Waals surface area contributed by atoms with Crippen LogP contribution in [-0.4, -0.2) is 19.0 Å². The average Bonchev–Trinajstić information content (AvgIpc) is 3.14. The third-order valence-electron chi connectivity index (χ3n) is 2.78. The van der Waals surface area contributed by atoms with E-state index in [2.05, 4.69) is 10.6 Å². The molecular formula is C12H15ClFN3O. The maximum atomic E-state index is 13.2. The summed E-state index contributed by atoms with van der Waals surface area (Å²) >= 11 is 5.59. The van der Waals surface area contributed by atoms with Gasteiger partial charge in [0.05, 0.1) is 16.4 Å². The Morgan fingerprint density at radius 3 is 2.83 bits per heavy atom. The van der Waals surface area contributed by atoms with Crippen molar-refractivity contribution in [1.29, 1.82) is 0 Å². The molecule has 1 aliphatic carbocycles. The van der Waals surface area contributed by atoms with Crippen molar-refractivity contribution in [3.63, 3.8) is 0 Å². The summed E-state index contributed by atoms with van der Waals surface area (Å²) in [5.74, 6) is -0.231. The van der Waals surface area contributed by atoms with E-state index in [4.69, 9.17) is 17.3 Å². The molecule has 1 aromatic carbocycles. The van der Waals surface area contributed by atoms with Gasteiger partial charge in [-0.15, -0.1) is 0 Å². The molecule has 2 rings (SSSR count). The second-order valence-corrected chi connectivity index (χ2v) is 4.75. The molecule has 0 aromatic heterocycles. The summed E-state index contributed by atoms with van der Waals surface area (Å²) in [7, 11) is 0. The summed E-state index contributed by atoms with van der Waals surface area (Å²) in [4.78, 5) is 11.3. The molecule has 6 heteroatoms. The van der Waals surface area contributed by atoms with E-state index < -0.39 is 5.82 Å². The highest BCUT2D eigenvalue weighted by Gasteiger charge is 2.28. The third kappa shape index (κ3) is 3.26. The van der Waals surface area contributed by atoms with Gasteiger partial charge >= 0.3 is 0 Å². The fourth-order valence-corrected chi connectivity index (χ4v) is 1.76. The number of hydrogen-bond donors (Lipinski definition) is 3. The van der Waals surface area contributed by atoms with E-state index in [9.17, 15) is 9.18 Å². The monoisotopic (exact) mass is 271 g/mol. The fraction of sp³-hybridized carbons (Fsp3) is 0.417. The summed E-state index contributed by atoms with van der Waals surface area (Å²) < 4.78 is 13.2. The highest BCUT2D eigenvalue weighted by atomic mass is 35.5. The van der Waals surface area contributed by atoms with Gasteiger partial charge in [-0.05, 0) is 18.9 Å². The minimum absolute atomic E-state index is 0.0000798. The fourth-order valence-electron chi connectivity index (χ4n) is 1.59. The minimum atomic E-state index is -0.518. The van der Waals surface area contributed by atoms with Gasteiger partial charge < -0.3 is 16.4 Å². The summed E-state index contributed by atoms with van der Waals surface area (Å²) in [5.41, 5.74) is 6.56. The number of carbonyl (C=O) groups excluding carboxylic acids is 1. The summed E-state index contributed by atoms with van der Waals surface area (Å²) in [6, 6.07) is 2.61. The Kier molecular flexibility index (Phi) is 3.91. The highest BCUT2D eigenvalue weighted by molar-refractivity contribution is 6.31. The van der Waals surface area contributed by atoms with E-state index in [0.29, 0.717) is 24.5 Å². The van der Waals surface area contributed by atoms with Crippen LogP contribution in [0.1, 0.15) is 12.8 Å². The van der Waals surface area contributed by atoms with Crippen LogP contribution >= 0.6 is 11.6 Å². The van der Waals surface area contributed by atoms with Gasteiger partial charge in [-0.1, -0.05) is 11.6 Å². The van der Waals surface area contributed by atoms with Gasteiger partial charge in [0.1, 0.15) is 5.82 Å². The SMILES string of the molecule is Nc1cc(Cl)c(F)cc1NCCNC(=O)C1CC1. The van der Waals surface area contributed by atoms with Gasteiger partial charge in [0.25, 0.3) is 0 Å². The first-order chi connectivity index (χ1) is 8.58. The molecule has 1 aromatic rings. The van der Waals surface area contributed by atoms with Crippen LogP contribution in [0, 0.1) is 11.7 Å². The Hall–Kier alpha value is -1.49. The molecular weight excluding hydrogens is 257 g/mol. The van der Waals surface area contributed by atoms with Gasteiger partial charge in [0.2, 0.25) is 5.91 Å². The van der Waals surface area contributed by atoms with Crippen LogP contribution in [0.2, 0.25) is 5.02 Å². The van der Waals surface area contributed by atoms with Crippen molar-refractivity contribution in [3.05, 3.63) is 23.0 Å². The number of nitrogens with two attached hydrogens (primary N) is 1. The molecule has 0 atom stereocenters. The molecule has 0 spiro atoms. The molecule has 1 aliphatic rings. The Balaban J connectivity index is 1.79. The number of amides is 1. The molecule has 4 nitrogen and oxygen atoms in total. The Labute approximate surface area is 110 Å². The predicted molar refractivity (Wildman–Crippen MR) is 70.0 cm³/mol. The number of nitrogen functional groups attached to an aromatic ring is 1. The largest absolute Gasteiger partial charge is 0.397 e. The van der Waals surface area contributed by atoms with Gasteiger partial charge in [-0.25, -0.2) is 4.39 Å². The number of nitrogens with one attached hydrogen (secondary N) is 2. The third-order valence-corrected chi connectivity index (χ3v) is 3.07. The number of hydrogen-bond acceptors (Lipinski definition) is 3. The summed E-state index contributed by atoms with van der Waals surface area (Å²) in [5, 5.41) is 5.76. The zero-order valence-electron chi connectivity index (χ0n) is 9.80. The lowest BCUT2D eigenvalue weighted by atomic mass is 10.2. The smallest absolute Gasteiger partial charge is 0.223 e. The van der Waals surface area contributed by atoms with E-state index >= 15 is 0 Å². The normalized spacial score (nSPS) is 14.3. The van der Waals surface area contributed by atoms with E-state index in [-0.39, 0.29) is 16.8 Å². The van der Waals surface area contributed by atoms with Crippen LogP contribution in [0.5, 0.6) is 0 Å². The van der Waals surface area contributed by atoms with E-state index in [1.54, 1.807) is 0 Å². The number of halogens is 2. The number of anilines is 2. The van der Waals surface area contributed by atoms with Crippen LogP contribution in [0.25, 0.3) is 0 Å². The molecule has 4 N–H and O–H groups in total. The lowest BCUT2D eigenvalue weighted by Gasteiger charge is -2.10. The zero-order valence-corrected chi connectivity index (χ0v) is 10.6. The molecule has 0 bridgehead atoms. The Morgan fingerprint density at radius 2 is 2.17 bits per heavy atom. The van der Waals surface area contributed by atoms with E-state index in [1.165, 1.54) is 12.1 Å². The maximum Gasteiger partial charge on any atom is 0.223 e. The molecule has 1 saturated carbocycles. The molecule has 98 valence electrons. The predicted octanol–water partition coefficient (Wildman–Crippen LogP) is 2.00. The second kappa shape index (κ2) is 5.44. The van der Waals surface area contributed by atoms with Gasteiger partial charge in [0.15, 0.2) is 0 Å². The first-order valence-electron chi connectivity index (χ1n) is 5.84. The lowest BCUT2D eigenvalue weighted by Crippen LogP contribution is -2.29. The average molecular weight is 272 g/mol. The molecule has 1 amide bonds. The molecule has 0 saturated heterocycles. The molecule has 0 radical (unpaired) electrons. The molecule has 1 fully saturated rings. The number of carbonyl (C=O) groups is 1. The van der Waals surface area contributed by atoms with Crippen molar-refractivity contribution >= 4 is 28.9 Å². The first kappa shape index (κ1) is 13.0. The van der Waals surface area contributed by atoms with Crippen LogP contribution < -0.4 is 16.4 Å². The minimum Gasteiger partial charge on any atom is -0.397 e. The topological polar surface area (TPSA) is 67.2 Å². The Morgan fingerprint density at radius 1 is 1.44 bits per heavy atom. The molecule has 0 heterocycles.